The number of nitrogens with zero attached hydrogens (tertiary/aromatic N) is 2. The molecule has 1 N–H and O–H groups in total. The first-order valence-corrected chi connectivity index (χ1v) is 6.03. The van der Waals surface area contributed by atoms with E-state index in [0.29, 0.717) is 12.5 Å². The molecule has 0 saturated carbocycles. The summed E-state index contributed by atoms with van der Waals surface area (Å²) in [6.45, 7) is 4.38. The Morgan fingerprint density at radius 2 is 1.94 bits per heavy atom. The lowest BCUT2D eigenvalue weighted by atomic mass is 10.2. The summed E-state index contributed by atoms with van der Waals surface area (Å²) in [4.78, 5) is 15.5. The fourth-order valence-corrected chi connectivity index (χ4v) is 1.91. The number of rotatable bonds is 4. The van der Waals surface area contributed by atoms with Crippen LogP contribution in [-0.2, 0) is 0 Å². The number of carbonyl (C=O) groups is 1. The number of ether oxygens (including phenoxy) is 1. The first-order chi connectivity index (χ1) is 8.66. The maximum atomic E-state index is 11.0. The van der Waals surface area contributed by atoms with Gasteiger partial charge >= 0.3 is 5.97 Å². The van der Waals surface area contributed by atoms with Gasteiger partial charge in [0, 0.05) is 26.2 Å². The molecule has 1 saturated heterocycles. The lowest BCUT2D eigenvalue weighted by Gasteiger charge is -2.32. The molecule has 0 unspecified atom stereocenters. The molecule has 1 aromatic rings. The lowest BCUT2D eigenvalue weighted by molar-refractivity contribution is 0.0654. The molecule has 0 spiro atoms. The minimum Gasteiger partial charge on any atom is -0.478 e. The van der Waals surface area contributed by atoms with Crippen LogP contribution >= 0.6 is 0 Å². The second-order valence-corrected chi connectivity index (χ2v) is 4.50. The summed E-state index contributed by atoms with van der Waals surface area (Å²) in [5.74, 6) is -0.520. The zero-order chi connectivity index (χ0) is 13.0. The summed E-state index contributed by atoms with van der Waals surface area (Å²) >= 11 is 0. The second-order valence-electron chi connectivity index (χ2n) is 4.50. The number of likely N-dealkylation sites (N-methyl/N-ethyl adjacent to an activating group) is 1. The Kier molecular flexibility index (Phi) is 4.17. The summed E-state index contributed by atoms with van der Waals surface area (Å²) in [6, 6.07) is 6.74. The molecular weight excluding hydrogens is 232 g/mol. The quantitative estimate of drug-likeness (QED) is 0.863. The number of piperazine rings is 1. The van der Waals surface area contributed by atoms with Gasteiger partial charge in [0.1, 0.15) is 18.0 Å². The first-order valence-electron chi connectivity index (χ1n) is 6.03. The first kappa shape index (κ1) is 12.9. The molecule has 1 aromatic carbocycles. The number of carboxylic acids is 1. The fourth-order valence-electron chi connectivity index (χ4n) is 1.91. The Hall–Kier alpha value is -1.59. The molecule has 0 amide bonds. The third-order valence-corrected chi connectivity index (χ3v) is 3.12. The molecule has 1 aliphatic rings. The van der Waals surface area contributed by atoms with Gasteiger partial charge in [-0.15, -0.1) is 0 Å². The third-order valence-electron chi connectivity index (χ3n) is 3.12. The number of carboxylic acid groups (broad SMARTS) is 1. The van der Waals surface area contributed by atoms with Crippen molar-refractivity contribution in [2.24, 2.45) is 0 Å². The topological polar surface area (TPSA) is 53.0 Å². The number of benzene rings is 1. The molecule has 0 bridgehead atoms. The highest BCUT2D eigenvalue weighted by Gasteiger charge is 2.15. The van der Waals surface area contributed by atoms with Crippen molar-refractivity contribution in [2.75, 3.05) is 40.0 Å². The van der Waals surface area contributed by atoms with E-state index in [1.54, 1.807) is 24.3 Å². The van der Waals surface area contributed by atoms with Gasteiger partial charge in [-0.1, -0.05) is 12.1 Å². The lowest BCUT2D eigenvalue weighted by Crippen LogP contribution is -2.45. The molecule has 0 atom stereocenters. The molecular formula is C13H18N2O3. The van der Waals surface area contributed by atoms with Crippen molar-refractivity contribution in [3.63, 3.8) is 0 Å². The SMILES string of the molecule is CN1CCN(COc2ccccc2C(=O)O)CC1. The molecule has 0 radical (unpaired) electrons. The minimum atomic E-state index is -0.955. The Balaban J connectivity index is 1.92. The van der Waals surface area contributed by atoms with Gasteiger partial charge in [0.2, 0.25) is 0 Å². The van der Waals surface area contributed by atoms with Crippen molar-refractivity contribution in [2.45, 2.75) is 0 Å². The Morgan fingerprint density at radius 3 is 2.61 bits per heavy atom. The van der Waals surface area contributed by atoms with Crippen LogP contribution in [-0.4, -0.2) is 60.8 Å². The highest BCUT2D eigenvalue weighted by atomic mass is 16.5. The summed E-state index contributed by atoms with van der Waals surface area (Å²) in [5, 5.41) is 9.04. The fraction of sp³-hybridized carbons (Fsp3) is 0.462. The summed E-state index contributed by atoms with van der Waals surface area (Å²) in [5.41, 5.74) is 0.214. The Labute approximate surface area is 107 Å². The minimum absolute atomic E-state index is 0.214. The van der Waals surface area contributed by atoms with E-state index < -0.39 is 5.97 Å². The van der Waals surface area contributed by atoms with Gasteiger partial charge < -0.3 is 14.7 Å². The predicted molar refractivity (Wildman–Crippen MR) is 68.0 cm³/mol. The van der Waals surface area contributed by atoms with Crippen LogP contribution in [0.25, 0.3) is 0 Å². The molecule has 5 nitrogen and oxygen atoms in total. The maximum absolute atomic E-state index is 11.0. The van der Waals surface area contributed by atoms with Crippen LogP contribution in [0.4, 0.5) is 0 Å². The van der Waals surface area contributed by atoms with Crippen molar-refractivity contribution in [1.82, 2.24) is 9.80 Å². The average Bonchev–Trinajstić information content (AvgIpc) is 2.38. The van der Waals surface area contributed by atoms with Gasteiger partial charge in [0.15, 0.2) is 0 Å². The van der Waals surface area contributed by atoms with Crippen molar-refractivity contribution in [1.29, 1.82) is 0 Å². The molecule has 18 heavy (non-hydrogen) atoms. The molecule has 1 aliphatic heterocycles. The van der Waals surface area contributed by atoms with Crippen molar-refractivity contribution in [3.05, 3.63) is 29.8 Å². The highest BCUT2D eigenvalue weighted by molar-refractivity contribution is 5.90. The molecule has 0 aliphatic carbocycles. The van der Waals surface area contributed by atoms with E-state index in [-0.39, 0.29) is 5.56 Å². The van der Waals surface area contributed by atoms with E-state index in [1.165, 1.54) is 0 Å². The predicted octanol–water partition coefficient (Wildman–Crippen LogP) is 0.968. The van der Waals surface area contributed by atoms with Gasteiger partial charge in [0.05, 0.1) is 0 Å². The third kappa shape index (κ3) is 3.21. The van der Waals surface area contributed by atoms with E-state index in [1.807, 2.05) is 0 Å². The molecule has 98 valence electrons. The van der Waals surface area contributed by atoms with Gasteiger partial charge in [-0.25, -0.2) is 4.79 Å². The van der Waals surface area contributed by atoms with E-state index >= 15 is 0 Å². The summed E-state index contributed by atoms with van der Waals surface area (Å²) in [7, 11) is 2.10. The molecule has 1 heterocycles. The largest absolute Gasteiger partial charge is 0.478 e. The smallest absolute Gasteiger partial charge is 0.339 e. The van der Waals surface area contributed by atoms with Gasteiger partial charge in [-0.3, -0.25) is 4.90 Å². The van der Waals surface area contributed by atoms with E-state index in [2.05, 4.69) is 16.8 Å². The summed E-state index contributed by atoms with van der Waals surface area (Å²) in [6.07, 6.45) is 0. The van der Waals surface area contributed by atoms with Crippen LogP contribution in [0.15, 0.2) is 24.3 Å². The number of hydrogen-bond donors (Lipinski definition) is 1. The van der Waals surface area contributed by atoms with Crippen LogP contribution in [0.1, 0.15) is 10.4 Å². The maximum Gasteiger partial charge on any atom is 0.339 e. The summed E-state index contributed by atoms with van der Waals surface area (Å²) < 4.78 is 5.60. The molecule has 2 rings (SSSR count). The molecule has 1 fully saturated rings. The zero-order valence-electron chi connectivity index (χ0n) is 10.5. The normalized spacial score (nSPS) is 17.6. The van der Waals surface area contributed by atoms with Crippen LogP contribution in [0.3, 0.4) is 0 Å². The molecule has 0 aromatic heterocycles. The van der Waals surface area contributed by atoms with Crippen molar-refractivity contribution >= 4 is 5.97 Å². The van der Waals surface area contributed by atoms with Crippen molar-refractivity contribution in [3.8, 4) is 5.75 Å². The number of aromatic carboxylic acids is 1. The van der Waals surface area contributed by atoms with Gasteiger partial charge in [-0.05, 0) is 19.2 Å². The van der Waals surface area contributed by atoms with Gasteiger partial charge in [0.25, 0.3) is 0 Å². The van der Waals surface area contributed by atoms with E-state index in [0.717, 1.165) is 26.2 Å². The average molecular weight is 250 g/mol. The number of hydrogen-bond acceptors (Lipinski definition) is 4. The Morgan fingerprint density at radius 1 is 1.28 bits per heavy atom. The monoisotopic (exact) mass is 250 g/mol. The second kappa shape index (κ2) is 5.84. The van der Waals surface area contributed by atoms with Crippen molar-refractivity contribution < 1.29 is 14.6 Å². The highest BCUT2D eigenvalue weighted by Crippen LogP contribution is 2.18. The van der Waals surface area contributed by atoms with Crippen LogP contribution < -0.4 is 4.74 Å². The molecule has 5 heteroatoms. The standard InChI is InChI=1S/C13H18N2O3/c1-14-6-8-15(9-7-14)10-18-12-5-3-2-4-11(12)13(16)17/h2-5H,6-10H2,1H3,(H,16,17). The van der Waals surface area contributed by atoms with Crippen LogP contribution in [0.2, 0.25) is 0 Å². The van der Waals surface area contributed by atoms with Gasteiger partial charge in [-0.2, -0.15) is 0 Å². The Bertz CT molecular complexity index is 414. The van der Waals surface area contributed by atoms with Crippen LogP contribution in [0.5, 0.6) is 5.75 Å². The number of para-hydroxylation sites is 1. The zero-order valence-corrected chi connectivity index (χ0v) is 10.5. The van der Waals surface area contributed by atoms with E-state index in [9.17, 15) is 4.79 Å². The van der Waals surface area contributed by atoms with E-state index in [4.69, 9.17) is 9.84 Å². The van der Waals surface area contributed by atoms with Crippen LogP contribution in [0, 0.1) is 0 Å².